The van der Waals surface area contributed by atoms with Gasteiger partial charge in [-0.1, -0.05) is 18.2 Å². The van der Waals surface area contributed by atoms with Crippen LogP contribution >= 0.6 is 0 Å². The summed E-state index contributed by atoms with van der Waals surface area (Å²) in [5, 5.41) is 10.6. The molecule has 1 atom stereocenters. The molecule has 1 aromatic carbocycles. The van der Waals surface area contributed by atoms with E-state index in [9.17, 15) is 5.11 Å². The molecule has 1 aromatic heterocycles. The van der Waals surface area contributed by atoms with E-state index < -0.39 is 0 Å². The van der Waals surface area contributed by atoms with Crippen molar-refractivity contribution in [3.8, 4) is 5.75 Å². The maximum Gasteiger partial charge on any atom is 0.139 e. The van der Waals surface area contributed by atoms with Crippen LogP contribution in [0.2, 0.25) is 0 Å². The lowest BCUT2D eigenvalue weighted by Gasteiger charge is -2.08. The van der Waals surface area contributed by atoms with Gasteiger partial charge in [-0.15, -0.1) is 0 Å². The Morgan fingerprint density at radius 3 is 2.79 bits per heavy atom. The Kier molecular flexibility index (Phi) is 2.09. The molecule has 1 unspecified atom stereocenters. The Morgan fingerprint density at radius 2 is 2.07 bits per heavy atom. The highest BCUT2D eigenvalue weighted by Gasteiger charge is 2.08. The lowest BCUT2D eigenvalue weighted by molar-refractivity contribution is 0.460. The van der Waals surface area contributed by atoms with Gasteiger partial charge in [0.25, 0.3) is 0 Å². The van der Waals surface area contributed by atoms with Crippen LogP contribution in [-0.2, 0) is 0 Å². The number of aromatic hydroxyl groups is 1. The Hall–Kier alpha value is -1.61. The average Bonchev–Trinajstić information content (AvgIpc) is 2.16. The fraction of sp³-hybridized carbons (Fsp3) is 0.182. The van der Waals surface area contributed by atoms with Gasteiger partial charge in [-0.3, -0.25) is 0 Å². The van der Waals surface area contributed by atoms with Crippen molar-refractivity contribution in [2.45, 2.75) is 13.0 Å². The second kappa shape index (κ2) is 3.27. The van der Waals surface area contributed by atoms with Crippen molar-refractivity contribution in [2.75, 3.05) is 0 Å². The van der Waals surface area contributed by atoms with Crippen molar-refractivity contribution in [2.24, 2.45) is 5.73 Å². The molecule has 0 amide bonds. The van der Waals surface area contributed by atoms with Crippen molar-refractivity contribution in [1.29, 1.82) is 0 Å². The first-order chi connectivity index (χ1) is 6.68. The van der Waals surface area contributed by atoms with Gasteiger partial charge in [0.15, 0.2) is 0 Å². The first kappa shape index (κ1) is 8.97. The lowest BCUT2D eigenvalue weighted by Crippen LogP contribution is -2.07. The van der Waals surface area contributed by atoms with Crippen LogP contribution in [0.5, 0.6) is 5.75 Å². The number of pyridine rings is 1. The summed E-state index contributed by atoms with van der Waals surface area (Å²) >= 11 is 0. The summed E-state index contributed by atoms with van der Waals surface area (Å²) in [6.07, 6.45) is 0. The van der Waals surface area contributed by atoms with E-state index in [2.05, 4.69) is 4.98 Å². The summed E-state index contributed by atoms with van der Waals surface area (Å²) in [6, 6.07) is 9.08. The highest BCUT2D eigenvalue weighted by molar-refractivity contribution is 5.80. The molecule has 2 rings (SSSR count). The van der Waals surface area contributed by atoms with Crippen LogP contribution in [0.15, 0.2) is 30.3 Å². The van der Waals surface area contributed by atoms with Gasteiger partial charge in [0, 0.05) is 11.4 Å². The van der Waals surface area contributed by atoms with Crippen molar-refractivity contribution in [3.05, 3.63) is 36.0 Å². The van der Waals surface area contributed by atoms with Gasteiger partial charge in [-0.25, -0.2) is 4.98 Å². The molecule has 0 aliphatic carbocycles. The van der Waals surface area contributed by atoms with E-state index in [1.165, 1.54) is 0 Å². The summed E-state index contributed by atoms with van der Waals surface area (Å²) in [4.78, 5) is 4.30. The zero-order valence-corrected chi connectivity index (χ0v) is 7.94. The summed E-state index contributed by atoms with van der Waals surface area (Å²) in [7, 11) is 0. The predicted octanol–water partition coefficient (Wildman–Crippen LogP) is 1.96. The van der Waals surface area contributed by atoms with Crippen molar-refractivity contribution < 1.29 is 5.11 Å². The molecule has 0 aliphatic rings. The van der Waals surface area contributed by atoms with Gasteiger partial charge in [0.1, 0.15) is 5.75 Å². The van der Waals surface area contributed by atoms with E-state index >= 15 is 0 Å². The van der Waals surface area contributed by atoms with Crippen molar-refractivity contribution in [3.63, 3.8) is 0 Å². The van der Waals surface area contributed by atoms with Crippen LogP contribution < -0.4 is 5.73 Å². The SMILES string of the molecule is CC(N)c1nc2ccccc2cc1O. The molecular formula is C11H12N2O. The van der Waals surface area contributed by atoms with E-state index in [0.29, 0.717) is 5.69 Å². The van der Waals surface area contributed by atoms with Crippen LogP contribution in [0.4, 0.5) is 0 Å². The maximum atomic E-state index is 9.64. The normalized spacial score (nSPS) is 13.0. The molecule has 14 heavy (non-hydrogen) atoms. The van der Waals surface area contributed by atoms with E-state index in [4.69, 9.17) is 5.73 Å². The highest BCUT2D eigenvalue weighted by Crippen LogP contribution is 2.24. The van der Waals surface area contributed by atoms with Gasteiger partial charge >= 0.3 is 0 Å². The standard InChI is InChI=1S/C11H12N2O/c1-7(12)11-10(14)6-8-4-2-3-5-9(8)13-11/h2-7,14H,12H2,1H3. The second-order valence-corrected chi connectivity index (χ2v) is 3.37. The van der Waals surface area contributed by atoms with Gasteiger partial charge in [0.2, 0.25) is 0 Å². The lowest BCUT2D eigenvalue weighted by atomic mass is 10.1. The van der Waals surface area contributed by atoms with Crippen LogP contribution in [0.1, 0.15) is 18.7 Å². The number of aromatic nitrogens is 1. The minimum Gasteiger partial charge on any atom is -0.506 e. The topological polar surface area (TPSA) is 59.1 Å². The zero-order chi connectivity index (χ0) is 10.1. The first-order valence-corrected chi connectivity index (χ1v) is 4.52. The Labute approximate surface area is 82.2 Å². The van der Waals surface area contributed by atoms with Gasteiger partial charge in [-0.05, 0) is 19.1 Å². The zero-order valence-electron chi connectivity index (χ0n) is 7.94. The number of rotatable bonds is 1. The molecule has 0 saturated carbocycles. The number of para-hydroxylation sites is 1. The number of nitrogens with zero attached hydrogens (tertiary/aromatic N) is 1. The second-order valence-electron chi connectivity index (χ2n) is 3.37. The molecule has 0 radical (unpaired) electrons. The molecule has 3 heteroatoms. The number of fused-ring (bicyclic) bond motifs is 1. The van der Waals surface area contributed by atoms with E-state index in [0.717, 1.165) is 10.9 Å². The summed E-state index contributed by atoms with van der Waals surface area (Å²) < 4.78 is 0. The highest BCUT2D eigenvalue weighted by atomic mass is 16.3. The molecule has 0 saturated heterocycles. The molecule has 0 bridgehead atoms. The monoisotopic (exact) mass is 188 g/mol. The Balaban J connectivity index is 2.71. The molecule has 3 N–H and O–H groups in total. The van der Waals surface area contributed by atoms with E-state index in [-0.39, 0.29) is 11.8 Å². The van der Waals surface area contributed by atoms with Gasteiger partial charge in [0.05, 0.1) is 11.2 Å². The third-order valence-electron chi connectivity index (χ3n) is 2.16. The Morgan fingerprint density at radius 1 is 1.36 bits per heavy atom. The number of hydrogen-bond donors (Lipinski definition) is 2. The summed E-state index contributed by atoms with van der Waals surface area (Å²) in [6.45, 7) is 1.80. The Bertz CT molecular complexity index is 466. The quantitative estimate of drug-likeness (QED) is 0.719. The molecular weight excluding hydrogens is 176 g/mol. The van der Waals surface area contributed by atoms with Crippen LogP contribution in [0.25, 0.3) is 10.9 Å². The maximum absolute atomic E-state index is 9.64. The summed E-state index contributed by atoms with van der Waals surface area (Å²) in [5.41, 5.74) is 7.09. The molecule has 3 nitrogen and oxygen atoms in total. The number of hydrogen-bond acceptors (Lipinski definition) is 3. The minimum atomic E-state index is -0.250. The third kappa shape index (κ3) is 1.42. The fourth-order valence-electron chi connectivity index (χ4n) is 1.45. The van der Waals surface area contributed by atoms with E-state index in [1.54, 1.807) is 13.0 Å². The molecule has 0 aliphatic heterocycles. The van der Waals surface area contributed by atoms with Gasteiger partial charge in [-0.2, -0.15) is 0 Å². The largest absolute Gasteiger partial charge is 0.506 e. The molecule has 0 fully saturated rings. The smallest absolute Gasteiger partial charge is 0.139 e. The number of benzene rings is 1. The minimum absolute atomic E-state index is 0.165. The number of nitrogens with two attached hydrogens (primary N) is 1. The van der Waals surface area contributed by atoms with Crippen molar-refractivity contribution >= 4 is 10.9 Å². The van der Waals surface area contributed by atoms with Crippen molar-refractivity contribution in [1.82, 2.24) is 4.98 Å². The molecule has 1 heterocycles. The first-order valence-electron chi connectivity index (χ1n) is 4.52. The molecule has 2 aromatic rings. The third-order valence-corrected chi connectivity index (χ3v) is 2.16. The predicted molar refractivity (Wildman–Crippen MR) is 56.0 cm³/mol. The van der Waals surface area contributed by atoms with Crippen LogP contribution in [0, 0.1) is 0 Å². The van der Waals surface area contributed by atoms with Gasteiger partial charge < -0.3 is 10.8 Å². The fourth-order valence-corrected chi connectivity index (χ4v) is 1.45. The molecule has 0 spiro atoms. The van der Waals surface area contributed by atoms with Crippen LogP contribution in [0.3, 0.4) is 0 Å². The van der Waals surface area contributed by atoms with Crippen LogP contribution in [-0.4, -0.2) is 10.1 Å². The average molecular weight is 188 g/mol. The summed E-state index contributed by atoms with van der Waals surface area (Å²) in [5.74, 6) is 0.165. The molecule has 72 valence electrons. The van der Waals surface area contributed by atoms with E-state index in [1.807, 2.05) is 24.3 Å².